The maximum Gasteiger partial charge on any atom is 0.338 e. The second-order valence-electron chi connectivity index (χ2n) is 4.57. The Morgan fingerprint density at radius 1 is 0.833 bits per heavy atom. The molecule has 0 saturated heterocycles. The molecule has 0 amide bonds. The van der Waals surface area contributed by atoms with Crippen LogP contribution in [0.5, 0.6) is 0 Å². The molecule has 2 aromatic heterocycles. The number of halogens is 2. The molecule has 0 aliphatic rings. The monoisotopic (exact) mass is 368 g/mol. The van der Waals surface area contributed by atoms with Crippen molar-refractivity contribution in [3.8, 4) is 11.4 Å². The van der Waals surface area contributed by atoms with Crippen LogP contribution in [0.1, 0.15) is 34.6 Å². The van der Waals surface area contributed by atoms with Gasteiger partial charge in [-0.05, 0) is 38.1 Å². The molecule has 6 nitrogen and oxygen atoms in total. The normalized spacial score (nSPS) is 10.3. The Morgan fingerprint density at radius 2 is 1.21 bits per heavy atom. The van der Waals surface area contributed by atoms with E-state index in [0.29, 0.717) is 11.4 Å². The van der Waals surface area contributed by atoms with Crippen LogP contribution in [-0.4, -0.2) is 35.1 Å². The van der Waals surface area contributed by atoms with Gasteiger partial charge >= 0.3 is 11.9 Å². The van der Waals surface area contributed by atoms with E-state index < -0.39 is 11.9 Å². The van der Waals surface area contributed by atoms with Crippen LogP contribution in [0.2, 0.25) is 10.3 Å². The zero-order valence-electron chi connectivity index (χ0n) is 13.0. The van der Waals surface area contributed by atoms with Crippen LogP contribution >= 0.6 is 23.2 Å². The Labute approximate surface area is 148 Å². The summed E-state index contributed by atoms with van der Waals surface area (Å²) in [4.78, 5) is 32.0. The molecule has 126 valence electrons. The third-order valence-corrected chi connectivity index (χ3v) is 3.26. The van der Waals surface area contributed by atoms with E-state index in [4.69, 9.17) is 32.7 Å². The molecule has 0 unspecified atom stereocenters. The van der Waals surface area contributed by atoms with Gasteiger partial charge in [-0.3, -0.25) is 0 Å². The Bertz CT molecular complexity index is 715. The first kappa shape index (κ1) is 18.2. The lowest BCUT2D eigenvalue weighted by Crippen LogP contribution is -2.07. The molecular formula is C16H14Cl2N2O4. The summed E-state index contributed by atoms with van der Waals surface area (Å²) >= 11 is 11.9. The molecule has 0 aliphatic carbocycles. The van der Waals surface area contributed by atoms with E-state index in [-0.39, 0.29) is 34.6 Å². The molecule has 0 fully saturated rings. The summed E-state index contributed by atoms with van der Waals surface area (Å²) in [6.45, 7) is 3.87. The summed E-state index contributed by atoms with van der Waals surface area (Å²) in [5.74, 6) is -1.06. The van der Waals surface area contributed by atoms with Gasteiger partial charge in [-0.1, -0.05) is 23.2 Å². The molecule has 0 aromatic carbocycles. The van der Waals surface area contributed by atoms with Crippen LogP contribution in [0.3, 0.4) is 0 Å². The minimum Gasteiger partial charge on any atom is -0.462 e. The molecule has 2 aromatic rings. The number of esters is 2. The SMILES string of the molecule is CCOC(=O)c1cc(Cl)nc(-c2cc(C(=O)OCC)cc(Cl)n2)c1. The lowest BCUT2D eigenvalue weighted by Gasteiger charge is -2.08. The topological polar surface area (TPSA) is 78.4 Å². The predicted octanol–water partition coefficient (Wildman–Crippen LogP) is 3.80. The Morgan fingerprint density at radius 3 is 1.54 bits per heavy atom. The van der Waals surface area contributed by atoms with Crippen molar-refractivity contribution >= 4 is 35.1 Å². The summed E-state index contributed by atoms with van der Waals surface area (Å²) in [6.07, 6.45) is 0. The minimum absolute atomic E-state index is 0.0926. The van der Waals surface area contributed by atoms with Crippen LogP contribution in [0, 0.1) is 0 Å². The fraction of sp³-hybridized carbons (Fsp3) is 0.250. The number of ether oxygens (including phenoxy) is 2. The number of rotatable bonds is 5. The third-order valence-electron chi connectivity index (χ3n) is 2.87. The van der Waals surface area contributed by atoms with Gasteiger partial charge in [0.15, 0.2) is 0 Å². The number of pyridine rings is 2. The van der Waals surface area contributed by atoms with Gasteiger partial charge in [0, 0.05) is 0 Å². The molecule has 0 bridgehead atoms. The van der Waals surface area contributed by atoms with E-state index in [2.05, 4.69) is 9.97 Å². The van der Waals surface area contributed by atoms with Gasteiger partial charge in [-0.25, -0.2) is 19.6 Å². The fourth-order valence-electron chi connectivity index (χ4n) is 1.92. The molecule has 8 heteroatoms. The van der Waals surface area contributed by atoms with Crippen molar-refractivity contribution in [3.63, 3.8) is 0 Å². The summed E-state index contributed by atoms with van der Waals surface area (Å²) in [5, 5.41) is 0.185. The van der Waals surface area contributed by atoms with Gasteiger partial charge in [-0.2, -0.15) is 0 Å². The van der Waals surface area contributed by atoms with Crippen LogP contribution in [0.15, 0.2) is 24.3 Å². The van der Waals surface area contributed by atoms with Gasteiger partial charge in [0.25, 0.3) is 0 Å². The number of nitrogens with zero attached hydrogens (tertiary/aromatic N) is 2. The summed E-state index contributed by atoms with van der Waals surface area (Å²) in [5.41, 5.74) is 1.04. The number of hydrogen-bond donors (Lipinski definition) is 0. The first-order chi connectivity index (χ1) is 11.4. The highest BCUT2D eigenvalue weighted by atomic mass is 35.5. The molecule has 0 spiro atoms. The quantitative estimate of drug-likeness (QED) is 0.589. The van der Waals surface area contributed by atoms with Gasteiger partial charge in [-0.15, -0.1) is 0 Å². The number of hydrogen-bond acceptors (Lipinski definition) is 6. The van der Waals surface area contributed by atoms with Gasteiger partial charge in [0.1, 0.15) is 10.3 Å². The van der Waals surface area contributed by atoms with Gasteiger partial charge in [0.2, 0.25) is 0 Å². The Kier molecular flexibility index (Phi) is 6.11. The standard InChI is InChI=1S/C16H14Cl2N2O4/c1-3-23-15(21)9-5-11(19-13(17)7-9)12-6-10(8-14(18)20-12)16(22)24-4-2/h5-8H,3-4H2,1-2H3. The maximum atomic E-state index is 11.9. The number of carbonyl (C=O) groups excluding carboxylic acids is 2. The van der Waals surface area contributed by atoms with E-state index in [0.717, 1.165) is 0 Å². The first-order valence-corrected chi connectivity index (χ1v) is 7.90. The molecule has 24 heavy (non-hydrogen) atoms. The molecule has 0 radical (unpaired) electrons. The maximum absolute atomic E-state index is 11.9. The molecule has 0 atom stereocenters. The predicted molar refractivity (Wildman–Crippen MR) is 89.4 cm³/mol. The van der Waals surface area contributed by atoms with Crippen LogP contribution < -0.4 is 0 Å². The van der Waals surface area contributed by atoms with Crippen LogP contribution in [-0.2, 0) is 9.47 Å². The Balaban J connectivity index is 2.48. The van der Waals surface area contributed by atoms with Crippen molar-refractivity contribution < 1.29 is 19.1 Å². The summed E-state index contributed by atoms with van der Waals surface area (Å²) < 4.78 is 9.89. The van der Waals surface area contributed by atoms with Gasteiger partial charge in [0.05, 0.1) is 35.7 Å². The molecule has 0 saturated carbocycles. The number of aromatic nitrogens is 2. The van der Waals surface area contributed by atoms with Crippen LogP contribution in [0.25, 0.3) is 11.4 Å². The highest BCUT2D eigenvalue weighted by molar-refractivity contribution is 6.30. The second-order valence-corrected chi connectivity index (χ2v) is 5.34. The Hall–Kier alpha value is -2.18. The smallest absolute Gasteiger partial charge is 0.338 e. The van der Waals surface area contributed by atoms with Crippen molar-refractivity contribution in [2.45, 2.75) is 13.8 Å². The summed E-state index contributed by atoms with van der Waals surface area (Å²) in [7, 11) is 0. The molecular weight excluding hydrogens is 355 g/mol. The van der Waals surface area contributed by atoms with E-state index >= 15 is 0 Å². The average Bonchev–Trinajstić information content (AvgIpc) is 2.54. The molecule has 2 heterocycles. The van der Waals surface area contributed by atoms with E-state index in [9.17, 15) is 9.59 Å². The zero-order chi connectivity index (χ0) is 17.7. The zero-order valence-corrected chi connectivity index (χ0v) is 14.5. The minimum atomic E-state index is -0.532. The van der Waals surface area contributed by atoms with E-state index in [1.807, 2.05) is 0 Å². The molecule has 0 N–H and O–H groups in total. The van der Waals surface area contributed by atoms with Crippen molar-refractivity contribution in [1.82, 2.24) is 9.97 Å². The molecule has 0 aliphatic heterocycles. The second kappa shape index (κ2) is 8.08. The summed E-state index contributed by atoms with van der Waals surface area (Å²) in [6, 6.07) is 5.72. The van der Waals surface area contributed by atoms with Crippen molar-refractivity contribution in [3.05, 3.63) is 45.7 Å². The van der Waals surface area contributed by atoms with E-state index in [1.54, 1.807) is 13.8 Å². The highest BCUT2D eigenvalue weighted by Crippen LogP contribution is 2.23. The molecule has 2 rings (SSSR count). The van der Waals surface area contributed by atoms with Crippen molar-refractivity contribution in [1.29, 1.82) is 0 Å². The highest BCUT2D eigenvalue weighted by Gasteiger charge is 2.15. The van der Waals surface area contributed by atoms with Crippen molar-refractivity contribution in [2.75, 3.05) is 13.2 Å². The van der Waals surface area contributed by atoms with E-state index in [1.165, 1.54) is 24.3 Å². The lowest BCUT2D eigenvalue weighted by molar-refractivity contribution is 0.0516. The van der Waals surface area contributed by atoms with Crippen LogP contribution in [0.4, 0.5) is 0 Å². The lowest BCUT2D eigenvalue weighted by atomic mass is 10.1. The third kappa shape index (κ3) is 4.43. The average molecular weight is 369 g/mol. The van der Waals surface area contributed by atoms with Gasteiger partial charge < -0.3 is 9.47 Å². The largest absolute Gasteiger partial charge is 0.462 e. The first-order valence-electron chi connectivity index (χ1n) is 7.14. The number of carbonyl (C=O) groups is 2. The fourth-order valence-corrected chi connectivity index (χ4v) is 2.34. The van der Waals surface area contributed by atoms with Crippen molar-refractivity contribution in [2.24, 2.45) is 0 Å².